The Morgan fingerprint density at radius 2 is 1.56 bits per heavy atom. The molecule has 0 radical (unpaired) electrons. The van der Waals surface area contributed by atoms with Gasteiger partial charge in [0.15, 0.2) is 0 Å². The van der Waals surface area contributed by atoms with Crippen LogP contribution in [0.1, 0.15) is 34.6 Å². The second-order valence-corrected chi connectivity index (χ2v) is 8.29. The molecule has 0 bridgehead atoms. The van der Waals surface area contributed by atoms with Gasteiger partial charge in [0.1, 0.15) is 11.6 Å². The number of carbonyl (C=O) groups is 1. The van der Waals surface area contributed by atoms with Crippen molar-refractivity contribution in [1.29, 1.82) is 0 Å². The van der Waals surface area contributed by atoms with Crippen LogP contribution in [0.4, 0.5) is 10.6 Å². The SMILES string of the molecule is Cc1nc(C)c(Cc2ccccc2)c(N2CCCN(C(=O)NCc3ccccc3)CC2)n1. The Balaban J connectivity index is 1.45. The van der Waals surface area contributed by atoms with Crippen molar-refractivity contribution in [3.63, 3.8) is 0 Å². The largest absolute Gasteiger partial charge is 0.354 e. The van der Waals surface area contributed by atoms with Gasteiger partial charge < -0.3 is 15.1 Å². The summed E-state index contributed by atoms with van der Waals surface area (Å²) < 4.78 is 0. The second-order valence-electron chi connectivity index (χ2n) is 8.29. The maximum atomic E-state index is 12.8. The molecular formula is C26H31N5O. The molecule has 0 unspecified atom stereocenters. The minimum Gasteiger partial charge on any atom is -0.354 e. The topological polar surface area (TPSA) is 61.4 Å². The van der Waals surface area contributed by atoms with Gasteiger partial charge in [-0.2, -0.15) is 0 Å². The number of urea groups is 1. The van der Waals surface area contributed by atoms with E-state index in [1.165, 1.54) is 11.1 Å². The number of benzene rings is 2. The number of amides is 2. The Kier molecular flexibility index (Phi) is 7.00. The first-order chi connectivity index (χ1) is 15.6. The molecule has 0 saturated carbocycles. The van der Waals surface area contributed by atoms with E-state index in [0.29, 0.717) is 13.1 Å². The lowest BCUT2D eigenvalue weighted by Gasteiger charge is -2.26. The lowest BCUT2D eigenvalue weighted by molar-refractivity contribution is 0.201. The zero-order valence-electron chi connectivity index (χ0n) is 18.9. The van der Waals surface area contributed by atoms with Crippen LogP contribution in [0.3, 0.4) is 0 Å². The van der Waals surface area contributed by atoms with E-state index in [4.69, 9.17) is 4.98 Å². The summed E-state index contributed by atoms with van der Waals surface area (Å²) in [6.45, 7) is 7.62. The number of nitrogens with zero attached hydrogens (tertiary/aromatic N) is 4. The molecular weight excluding hydrogens is 398 g/mol. The van der Waals surface area contributed by atoms with E-state index >= 15 is 0 Å². The third kappa shape index (κ3) is 5.44. The second kappa shape index (κ2) is 10.3. The fourth-order valence-electron chi connectivity index (χ4n) is 4.20. The minimum atomic E-state index is -0.00439. The summed E-state index contributed by atoms with van der Waals surface area (Å²) >= 11 is 0. The maximum absolute atomic E-state index is 12.8. The van der Waals surface area contributed by atoms with Gasteiger partial charge in [-0.3, -0.25) is 0 Å². The Hall–Kier alpha value is -3.41. The summed E-state index contributed by atoms with van der Waals surface area (Å²) in [5, 5.41) is 3.06. The van der Waals surface area contributed by atoms with Crippen molar-refractivity contribution in [2.75, 3.05) is 31.1 Å². The van der Waals surface area contributed by atoms with Gasteiger partial charge in [-0.05, 0) is 31.4 Å². The van der Waals surface area contributed by atoms with Crippen LogP contribution in [-0.4, -0.2) is 47.1 Å². The van der Waals surface area contributed by atoms with Crippen molar-refractivity contribution in [3.8, 4) is 0 Å². The molecule has 2 aromatic carbocycles. The summed E-state index contributed by atoms with van der Waals surface area (Å²) in [5.74, 6) is 1.79. The highest BCUT2D eigenvalue weighted by Gasteiger charge is 2.23. The normalized spacial score (nSPS) is 14.2. The number of rotatable bonds is 5. The average molecular weight is 430 g/mol. The Morgan fingerprint density at radius 3 is 2.28 bits per heavy atom. The highest BCUT2D eigenvalue weighted by molar-refractivity contribution is 5.74. The predicted octanol–water partition coefficient (Wildman–Crippen LogP) is 4.11. The Labute approximate surface area is 190 Å². The first kappa shape index (κ1) is 21.8. The number of aryl methyl sites for hydroxylation is 2. The van der Waals surface area contributed by atoms with Crippen molar-refractivity contribution in [2.45, 2.75) is 33.2 Å². The first-order valence-corrected chi connectivity index (χ1v) is 11.3. The van der Waals surface area contributed by atoms with Gasteiger partial charge in [0.25, 0.3) is 0 Å². The molecule has 0 atom stereocenters. The van der Waals surface area contributed by atoms with Gasteiger partial charge in [0.05, 0.1) is 0 Å². The van der Waals surface area contributed by atoms with Crippen molar-refractivity contribution in [1.82, 2.24) is 20.2 Å². The van der Waals surface area contributed by atoms with E-state index < -0.39 is 0 Å². The first-order valence-electron chi connectivity index (χ1n) is 11.3. The van der Waals surface area contributed by atoms with Crippen LogP contribution >= 0.6 is 0 Å². The molecule has 2 heterocycles. The van der Waals surface area contributed by atoms with E-state index in [1.807, 2.05) is 48.2 Å². The van der Waals surface area contributed by atoms with Crippen LogP contribution in [0, 0.1) is 13.8 Å². The summed E-state index contributed by atoms with van der Waals surface area (Å²) in [7, 11) is 0. The molecule has 6 heteroatoms. The van der Waals surface area contributed by atoms with Crippen LogP contribution in [0.5, 0.6) is 0 Å². The third-order valence-corrected chi connectivity index (χ3v) is 5.90. The number of hydrogen-bond acceptors (Lipinski definition) is 4. The summed E-state index contributed by atoms with van der Waals surface area (Å²) in [4.78, 5) is 26.5. The molecule has 1 aromatic heterocycles. The highest BCUT2D eigenvalue weighted by Crippen LogP contribution is 2.25. The molecule has 166 valence electrons. The van der Waals surface area contributed by atoms with Gasteiger partial charge in [-0.15, -0.1) is 0 Å². The summed E-state index contributed by atoms with van der Waals surface area (Å²) in [6, 6.07) is 20.5. The van der Waals surface area contributed by atoms with Crippen LogP contribution in [-0.2, 0) is 13.0 Å². The van der Waals surface area contributed by atoms with Crippen LogP contribution in [0.2, 0.25) is 0 Å². The minimum absolute atomic E-state index is 0.00439. The quantitative estimate of drug-likeness (QED) is 0.663. The zero-order valence-corrected chi connectivity index (χ0v) is 18.9. The van der Waals surface area contributed by atoms with Crippen LogP contribution in [0.15, 0.2) is 60.7 Å². The summed E-state index contributed by atoms with van der Waals surface area (Å²) in [6.07, 6.45) is 1.71. The number of carbonyl (C=O) groups excluding carboxylic acids is 1. The maximum Gasteiger partial charge on any atom is 0.317 e. The predicted molar refractivity (Wildman–Crippen MR) is 128 cm³/mol. The smallest absolute Gasteiger partial charge is 0.317 e. The number of aromatic nitrogens is 2. The molecule has 0 aliphatic carbocycles. The fraction of sp³-hybridized carbons (Fsp3) is 0.346. The third-order valence-electron chi connectivity index (χ3n) is 5.90. The van der Waals surface area contributed by atoms with Crippen molar-refractivity contribution in [2.24, 2.45) is 0 Å². The van der Waals surface area contributed by atoms with Gasteiger partial charge in [-0.25, -0.2) is 14.8 Å². The molecule has 0 spiro atoms. The van der Waals surface area contributed by atoms with Gasteiger partial charge in [0, 0.05) is 50.4 Å². The molecule has 1 fully saturated rings. The molecule has 4 rings (SSSR count). The lowest BCUT2D eigenvalue weighted by atomic mass is 10.0. The van der Waals surface area contributed by atoms with Gasteiger partial charge in [-0.1, -0.05) is 60.7 Å². The Bertz CT molecular complexity index is 1040. The standard InChI is InChI=1S/C26H31N5O/c1-20-24(18-22-10-5-3-6-11-22)25(29-21(2)28-20)30-14-9-15-31(17-16-30)26(32)27-19-23-12-7-4-8-13-23/h3-8,10-13H,9,14-19H2,1-2H3,(H,27,32). The molecule has 6 nitrogen and oxygen atoms in total. The Morgan fingerprint density at radius 1 is 0.875 bits per heavy atom. The monoisotopic (exact) mass is 429 g/mol. The van der Waals surface area contributed by atoms with Gasteiger partial charge in [0.2, 0.25) is 0 Å². The molecule has 32 heavy (non-hydrogen) atoms. The molecule has 1 saturated heterocycles. The highest BCUT2D eigenvalue weighted by atomic mass is 16.2. The lowest BCUT2D eigenvalue weighted by Crippen LogP contribution is -2.42. The summed E-state index contributed by atoms with van der Waals surface area (Å²) in [5.41, 5.74) is 4.55. The van der Waals surface area contributed by atoms with E-state index in [2.05, 4.69) is 46.4 Å². The van der Waals surface area contributed by atoms with Gasteiger partial charge >= 0.3 is 6.03 Å². The fourth-order valence-corrected chi connectivity index (χ4v) is 4.20. The number of hydrogen-bond donors (Lipinski definition) is 1. The average Bonchev–Trinajstić information content (AvgIpc) is 3.07. The number of nitrogens with one attached hydrogen (secondary N) is 1. The molecule has 2 amide bonds. The van der Waals surface area contributed by atoms with E-state index in [0.717, 1.165) is 55.4 Å². The molecule has 3 aromatic rings. The van der Waals surface area contributed by atoms with Crippen molar-refractivity contribution < 1.29 is 4.79 Å². The van der Waals surface area contributed by atoms with E-state index in [9.17, 15) is 4.79 Å². The molecule has 1 N–H and O–H groups in total. The van der Waals surface area contributed by atoms with Crippen LogP contribution in [0.25, 0.3) is 0 Å². The van der Waals surface area contributed by atoms with E-state index in [-0.39, 0.29) is 6.03 Å². The van der Waals surface area contributed by atoms with E-state index in [1.54, 1.807) is 0 Å². The van der Waals surface area contributed by atoms with Crippen molar-refractivity contribution >= 4 is 11.8 Å². The molecule has 1 aliphatic rings. The molecule has 1 aliphatic heterocycles. The van der Waals surface area contributed by atoms with Crippen molar-refractivity contribution in [3.05, 3.63) is 88.9 Å². The zero-order chi connectivity index (χ0) is 22.3. The number of anilines is 1. The van der Waals surface area contributed by atoms with Crippen LogP contribution < -0.4 is 10.2 Å².